The summed E-state index contributed by atoms with van der Waals surface area (Å²) < 4.78 is 10.4. The van der Waals surface area contributed by atoms with Gasteiger partial charge in [-0.1, -0.05) is 66.4 Å². The second kappa shape index (κ2) is 9.49. The molecule has 0 saturated carbocycles. The number of Topliss-reactive ketones (excluding diaryl/α,β-unsaturated/α-hetero) is 1. The standard InChI is InChI=1S/C21H17NO5S2/c1-26-16-9-7-14(8-10-16)11-18-20(25)22(21(28)29-18)12-19(24)27-13-17(23)15-5-3-2-4-6-15/h2-11H,12-13H2,1H3/b18-11+. The Morgan fingerprint density at radius 2 is 1.79 bits per heavy atom. The first kappa shape index (κ1) is 20.8. The average Bonchev–Trinajstić information content (AvgIpc) is 3.00. The smallest absolute Gasteiger partial charge is 0.326 e. The van der Waals surface area contributed by atoms with E-state index in [1.807, 2.05) is 12.1 Å². The molecule has 0 spiro atoms. The lowest BCUT2D eigenvalue weighted by atomic mass is 10.1. The van der Waals surface area contributed by atoms with Gasteiger partial charge < -0.3 is 9.47 Å². The summed E-state index contributed by atoms with van der Waals surface area (Å²) in [6.45, 7) is -0.730. The fourth-order valence-corrected chi connectivity index (χ4v) is 3.77. The maximum Gasteiger partial charge on any atom is 0.326 e. The summed E-state index contributed by atoms with van der Waals surface area (Å²) >= 11 is 6.33. The summed E-state index contributed by atoms with van der Waals surface area (Å²) in [7, 11) is 1.58. The molecule has 0 aliphatic carbocycles. The predicted molar refractivity (Wildman–Crippen MR) is 115 cm³/mol. The molecular weight excluding hydrogens is 410 g/mol. The van der Waals surface area contributed by atoms with Gasteiger partial charge in [-0.15, -0.1) is 0 Å². The Labute approximate surface area is 177 Å². The van der Waals surface area contributed by atoms with Gasteiger partial charge in [0.15, 0.2) is 12.4 Å². The van der Waals surface area contributed by atoms with Crippen LogP contribution in [0.2, 0.25) is 0 Å². The van der Waals surface area contributed by atoms with E-state index in [1.54, 1.807) is 55.7 Å². The molecule has 1 aliphatic heterocycles. The van der Waals surface area contributed by atoms with Crippen LogP contribution >= 0.6 is 24.0 Å². The number of hydrogen-bond acceptors (Lipinski definition) is 7. The highest BCUT2D eigenvalue weighted by molar-refractivity contribution is 8.26. The van der Waals surface area contributed by atoms with Crippen LogP contribution in [-0.2, 0) is 14.3 Å². The molecule has 0 N–H and O–H groups in total. The summed E-state index contributed by atoms with van der Waals surface area (Å²) in [6, 6.07) is 15.7. The van der Waals surface area contributed by atoms with Gasteiger partial charge in [-0.25, -0.2) is 0 Å². The van der Waals surface area contributed by atoms with Crippen molar-refractivity contribution in [3.8, 4) is 5.75 Å². The molecule has 0 bridgehead atoms. The van der Waals surface area contributed by atoms with Crippen molar-refractivity contribution in [2.24, 2.45) is 0 Å². The number of nitrogens with zero attached hydrogens (tertiary/aromatic N) is 1. The number of methoxy groups -OCH3 is 1. The van der Waals surface area contributed by atoms with Gasteiger partial charge in [0.1, 0.15) is 16.6 Å². The van der Waals surface area contributed by atoms with Crippen molar-refractivity contribution >= 4 is 52.0 Å². The molecule has 2 aromatic rings. The van der Waals surface area contributed by atoms with E-state index in [9.17, 15) is 14.4 Å². The molecule has 29 heavy (non-hydrogen) atoms. The van der Waals surface area contributed by atoms with Crippen LogP contribution in [0.3, 0.4) is 0 Å². The van der Waals surface area contributed by atoms with Gasteiger partial charge in [0.05, 0.1) is 12.0 Å². The Balaban J connectivity index is 1.58. The highest BCUT2D eigenvalue weighted by Gasteiger charge is 2.33. The molecule has 0 unspecified atom stereocenters. The zero-order valence-corrected chi connectivity index (χ0v) is 17.1. The van der Waals surface area contributed by atoms with Crippen molar-refractivity contribution in [3.63, 3.8) is 0 Å². The molecule has 0 radical (unpaired) electrons. The second-order valence-electron chi connectivity index (χ2n) is 5.99. The Kier molecular flexibility index (Phi) is 6.79. The molecule has 1 fully saturated rings. The summed E-state index contributed by atoms with van der Waals surface area (Å²) in [4.78, 5) is 38.3. The topological polar surface area (TPSA) is 72.9 Å². The number of thioether (sulfide) groups is 1. The van der Waals surface area contributed by atoms with E-state index in [4.69, 9.17) is 21.7 Å². The van der Waals surface area contributed by atoms with E-state index in [1.165, 1.54) is 4.90 Å². The molecule has 0 aromatic heterocycles. The highest BCUT2D eigenvalue weighted by Crippen LogP contribution is 2.32. The summed E-state index contributed by atoms with van der Waals surface area (Å²) in [6.07, 6.45) is 1.70. The van der Waals surface area contributed by atoms with Crippen LogP contribution < -0.4 is 4.74 Å². The molecule has 1 amide bonds. The van der Waals surface area contributed by atoms with Gasteiger partial charge in [-0.2, -0.15) is 0 Å². The molecular formula is C21H17NO5S2. The Morgan fingerprint density at radius 3 is 2.45 bits per heavy atom. The molecule has 6 nitrogen and oxygen atoms in total. The van der Waals surface area contributed by atoms with E-state index in [0.717, 1.165) is 17.3 Å². The van der Waals surface area contributed by atoms with Crippen LogP contribution in [-0.4, -0.2) is 47.1 Å². The fraction of sp³-hybridized carbons (Fsp3) is 0.143. The SMILES string of the molecule is COc1ccc(/C=C2/SC(=S)N(CC(=O)OCC(=O)c3ccccc3)C2=O)cc1. The molecule has 3 rings (SSSR count). The van der Waals surface area contributed by atoms with Gasteiger partial charge in [-0.3, -0.25) is 19.3 Å². The molecule has 1 heterocycles. The predicted octanol–water partition coefficient (Wildman–Crippen LogP) is 3.32. The highest BCUT2D eigenvalue weighted by atomic mass is 32.2. The molecule has 148 valence electrons. The van der Waals surface area contributed by atoms with E-state index < -0.39 is 5.97 Å². The van der Waals surface area contributed by atoms with Crippen LogP contribution in [0.4, 0.5) is 0 Å². The zero-order valence-electron chi connectivity index (χ0n) is 15.5. The van der Waals surface area contributed by atoms with Crippen LogP contribution in [0.25, 0.3) is 6.08 Å². The number of carbonyl (C=O) groups is 3. The summed E-state index contributed by atoms with van der Waals surface area (Å²) in [5.74, 6) is -0.676. The fourth-order valence-electron chi connectivity index (χ4n) is 2.52. The first-order valence-corrected chi connectivity index (χ1v) is 9.83. The maximum absolute atomic E-state index is 12.6. The van der Waals surface area contributed by atoms with Gasteiger partial charge in [0.2, 0.25) is 0 Å². The van der Waals surface area contributed by atoms with Crippen LogP contribution in [0.5, 0.6) is 5.75 Å². The lowest BCUT2D eigenvalue weighted by Crippen LogP contribution is -2.35. The van der Waals surface area contributed by atoms with Crippen LogP contribution in [0, 0.1) is 0 Å². The van der Waals surface area contributed by atoms with E-state index in [-0.39, 0.29) is 29.2 Å². The number of hydrogen-bond donors (Lipinski definition) is 0. The van der Waals surface area contributed by atoms with Crippen molar-refractivity contribution in [1.82, 2.24) is 4.90 Å². The summed E-state index contributed by atoms with van der Waals surface area (Å²) in [5.41, 5.74) is 1.26. The minimum Gasteiger partial charge on any atom is -0.497 e. The van der Waals surface area contributed by atoms with Crippen molar-refractivity contribution < 1.29 is 23.9 Å². The minimum atomic E-state index is -0.698. The number of thiocarbonyl (C=S) groups is 1. The molecule has 2 aromatic carbocycles. The number of carbonyl (C=O) groups excluding carboxylic acids is 3. The lowest BCUT2D eigenvalue weighted by molar-refractivity contribution is -0.145. The van der Waals surface area contributed by atoms with Crippen LogP contribution in [0.15, 0.2) is 59.5 Å². The number of ether oxygens (including phenoxy) is 2. The largest absolute Gasteiger partial charge is 0.497 e. The molecule has 1 saturated heterocycles. The van der Waals surface area contributed by atoms with Crippen molar-refractivity contribution in [2.75, 3.05) is 20.3 Å². The third-order valence-corrected chi connectivity index (χ3v) is 5.41. The van der Waals surface area contributed by atoms with Crippen LogP contribution in [0.1, 0.15) is 15.9 Å². The Hall–Kier alpha value is -2.97. The van der Waals surface area contributed by atoms with Gasteiger partial charge >= 0.3 is 5.97 Å². The number of benzene rings is 2. The Morgan fingerprint density at radius 1 is 1.10 bits per heavy atom. The first-order valence-electron chi connectivity index (χ1n) is 8.61. The second-order valence-corrected chi connectivity index (χ2v) is 7.67. The molecule has 8 heteroatoms. The minimum absolute atomic E-state index is 0.265. The monoisotopic (exact) mass is 427 g/mol. The first-order chi connectivity index (χ1) is 14.0. The molecule has 1 aliphatic rings. The number of rotatable bonds is 7. The van der Waals surface area contributed by atoms with E-state index in [2.05, 4.69) is 0 Å². The van der Waals surface area contributed by atoms with Gasteiger partial charge in [0, 0.05) is 5.56 Å². The average molecular weight is 428 g/mol. The Bertz CT molecular complexity index is 970. The van der Waals surface area contributed by atoms with E-state index >= 15 is 0 Å². The van der Waals surface area contributed by atoms with Crippen molar-refractivity contribution in [1.29, 1.82) is 0 Å². The maximum atomic E-state index is 12.6. The number of amides is 1. The van der Waals surface area contributed by atoms with Crippen molar-refractivity contribution in [3.05, 3.63) is 70.6 Å². The zero-order chi connectivity index (χ0) is 20.8. The quantitative estimate of drug-likeness (QED) is 0.290. The summed E-state index contributed by atoms with van der Waals surface area (Å²) in [5, 5.41) is 0. The normalized spacial score (nSPS) is 14.9. The number of esters is 1. The van der Waals surface area contributed by atoms with Crippen molar-refractivity contribution in [2.45, 2.75) is 0 Å². The van der Waals surface area contributed by atoms with E-state index in [0.29, 0.717) is 16.2 Å². The third kappa shape index (κ3) is 5.30. The lowest BCUT2D eigenvalue weighted by Gasteiger charge is -2.13. The third-order valence-electron chi connectivity index (χ3n) is 4.03. The van der Waals surface area contributed by atoms with Gasteiger partial charge in [0.25, 0.3) is 5.91 Å². The van der Waals surface area contributed by atoms with Gasteiger partial charge in [-0.05, 0) is 23.8 Å². The molecule has 0 atom stereocenters. The number of ketones is 1.